The molecule has 0 unspecified atom stereocenters. The predicted molar refractivity (Wildman–Crippen MR) is 175 cm³/mol. The highest BCUT2D eigenvalue weighted by Gasteiger charge is 2.34. The standard InChI is InChI=1S/C34H42ClN3O5S/c1-5-32(34(40)36-28-11-7-6-8-12-28)37(22-26-10-9-13-30(21-26)43-4)33(39)23-38(29-17-14-24(2)25(3)20-29)44(41,42)31-18-15-27(35)16-19-31/h9-10,13-21,28,32H,5-8,11-12,22-23H2,1-4H3,(H,36,40)/t32-/m0/s1. The van der Waals surface area contributed by atoms with E-state index < -0.39 is 28.5 Å². The summed E-state index contributed by atoms with van der Waals surface area (Å²) in [4.78, 5) is 29.6. The SMILES string of the molecule is CC[C@@H](C(=O)NC1CCCCC1)N(Cc1cccc(OC)c1)C(=O)CN(c1ccc(C)c(C)c1)S(=O)(=O)c1ccc(Cl)cc1. The van der Waals surface area contributed by atoms with Crippen LogP contribution in [0.15, 0.2) is 71.6 Å². The number of halogens is 1. The molecule has 0 aliphatic heterocycles. The second kappa shape index (κ2) is 14.9. The first-order chi connectivity index (χ1) is 21.0. The number of nitrogens with one attached hydrogen (secondary N) is 1. The molecule has 1 atom stereocenters. The van der Waals surface area contributed by atoms with Crippen molar-refractivity contribution in [3.8, 4) is 5.75 Å². The van der Waals surface area contributed by atoms with Crippen molar-refractivity contribution in [1.29, 1.82) is 0 Å². The molecule has 1 aliphatic rings. The van der Waals surface area contributed by atoms with Crippen LogP contribution in [0, 0.1) is 13.8 Å². The van der Waals surface area contributed by atoms with Crippen molar-refractivity contribution in [2.75, 3.05) is 18.0 Å². The predicted octanol–water partition coefficient (Wildman–Crippen LogP) is 6.42. The normalized spacial score (nSPS) is 14.5. The van der Waals surface area contributed by atoms with Gasteiger partial charge in [0.05, 0.1) is 17.7 Å². The molecule has 10 heteroatoms. The van der Waals surface area contributed by atoms with Crippen LogP contribution in [-0.4, -0.2) is 50.9 Å². The van der Waals surface area contributed by atoms with Gasteiger partial charge in [0.1, 0.15) is 18.3 Å². The van der Waals surface area contributed by atoms with Gasteiger partial charge in [-0.25, -0.2) is 8.42 Å². The van der Waals surface area contributed by atoms with E-state index >= 15 is 0 Å². The molecule has 1 N–H and O–H groups in total. The second-order valence-electron chi connectivity index (χ2n) is 11.4. The molecule has 0 spiro atoms. The summed E-state index contributed by atoms with van der Waals surface area (Å²) in [7, 11) is -2.61. The van der Waals surface area contributed by atoms with Crippen molar-refractivity contribution in [2.24, 2.45) is 0 Å². The van der Waals surface area contributed by atoms with Gasteiger partial charge in [0.15, 0.2) is 0 Å². The fourth-order valence-corrected chi connectivity index (χ4v) is 7.11. The maximum absolute atomic E-state index is 14.4. The minimum absolute atomic E-state index is 0.00866. The summed E-state index contributed by atoms with van der Waals surface area (Å²) < 4.78 is 34.7. The van der Waals surface area contributed by atoms with E-state index in [1.807, 2.05) is 51.1 Å². The van der Waals surface area contributed by atoms with E-state index in [2.05, 4.69) is 5.32 Å². The van der Waals surface area contributed by atoms with Gasteiger partial charge in [-0.05, 0) is 98.3 Å². The zero-order valence-corrected chi connectivity index (χ0v) is 27.5. The Morgan fingerprint density at radius 2 is 1.68 bits per heavy atom. The quantitative estimate of drug-likeness (QED) is 0.247. The van der Waals surface area contributed by atoms with Crippen molar-refractivity contribution in [1.82, 2.24) is 10.2 Å². The molecular weight excluding hydrogens is 598 g/mol. The number of hydrogen-bond donors (Lipinski definition) is 1. The Hall–Kier alpha value is -3.56. The lowest BCUT2D eigenvalue weighted by Crippen LogP contribution is -2.54. The Labute approximate surface area is 266 Å². The highest BCUT2D eigenvalue weighted by Crippen LogP contribution is 2.28. The minimum Gasteiger partial charge on any atom is -0.497 e. The number of nitrogens with zero attached hydrogens (tertiary/aromatic N) is 2. The number of ether oxygens (including phenoxy) is 1. The Kier molecular flexibility index (Phi) is 11.3. The van der Waals surface area contributed by atoms with Crippen LogP contribution >= 0.6 is 11.6 Å². The van der Waals surface area contributed by atoms with Crippen LogP contribution in [0.1, 0.15) is 62.1 Å². The first-order valence-corrected chi connectivity index (χ1v) is 16.9. The van der Waals surface area contributed by atoms with Crippen LogP contribution in [0.3, 0.4) is 0 Å². The van der Waals surface area contributed by atoms with Crippen LogP contribution in [-0.2, 0) is 26.2 Å². The van der Waals surface area contributed by atoms with Gasteiger partial charge in [0.2, 0.25) is 11.8 Å². The van der Waals surface area contributed by atoms with Crippen molar-refractivity contribution in [3.05, 3.63) is 88.4 Å². The fourth-order valence-electron chi connectivity index (χ4n) is 5.57. The summed E-state index contributed by atoms with van der Waals surface area (Å²) in [6.07, 6.45) is 5.45. The van der Waals surface area contributed by atoms with Crippen molar-refractivity contribution in [2.45, 2.75) is 82.8 Å². The van der Waals surface area contributed by atoms with E-state index in [4.69, 9.17) is 16.3 Å². The van der Waals surface area contributed by atoms with Crippen molar-refractivity contribution in [3.63, 3.8) is 0 Å². The molecule has 0 heterocycles. The van der Waals surface area contributed by atoms with Gasteiger partial charge in [-0.3, -0.25) is 13.9 Å². The minimum atomic E-state index is -4.18. The average molecular weight is 640 g/mol. The third-order valence-corrected chi connectivity index (χ3v) is 10.3. The number of carbonyl (C=O) groups is 2. The zero-order valence-electron chi connectivity index (χ0n) is 25.9. The van der Waals surface area contributed by atoms with Gasteiger partial charge in [0.25, 0.3) is 10.0 Å². The van der Waals surface area contributed by atoms with Crippen LogP contribution in [0.5, 0.6) is 5.75 Å². The van der Waals surface area contributed by atoms with Crippen LogP contribution in [0.2, 0.25) is 5.02 Å². The van der Waals surface area contributed by atoms with E-state index in [-0.39, 0.29) is 23.4 Å². The maximum atomic E-state index is 14.4. The summed E-state index contributed by atoms with van der Waals surface area (Å²) >= 11 is 6.06. The Morgan fingerprint density at radius 1 is 0.977 bits per heavy atom. The Morgan fingerprint density at radius 3 is 2.32 bits per heavy atom. The monoisotopic (exact) mass is 639 g/mol. The van der Waals surface area contributed by atoms with Gasteiger partial charge in [0, 0.05) is 17.6 Å². The largest absolute Gasteiger partial charge is 0.497 e. The second-order valence-corrected chi connectivity index (χ2v) is 13.7. The summed E-state index contributed by atoms with van der Waals surface area (Å²) in [5, 5.41) is 3.57. The third kappa shape index (κ3) is 8.12. The number of hydrogen-bond acceptors (Lipinski definition) is 5. The van der Waals surface area contributed by atoms with Crippen LogP contribution < -0.4 is 14.4 Å². The number of amides is 2. The van der Waals surface area contributed by atoms with Gasteiger partial charge in [-0.15, -0.1) is 0 Å². The van der Waals surface area contributed by atoms with Crippen LogP contribution in [0.4, 0.5) is 5.69 Å². The van der Waals surface area contributed by atoms with E-state index in [0.717, 1.165) is 53.1 Å². The van der Waals surface area contributed by atoms with E-state index in [0.29, 0.717) is 22.9 Å². The number of benzene rings is 3. The molecule has 8 nitrogen and oxygen atoms in total. The number of sulfonamides is 1. The molecule has 3 aromatic carbocycles. The Bertz CT molecular complexity index is 1560. The fraction of sp³-hybridized carbons (Fsp3) is 0.412. The molecule has 44 heavy (non-hydrogen) atoms. The number of aryl methyl sites for hydroxylation is 2. The lowest BCUT2D eigenvalue weighted by Gasteiger charge is -2.34. The van der Waals surface area contributed by atoms with E-state index in [1.165, 1.54) is 29.2 Å². The molecular formula is C34H42ClN3O5S. The smallest absolute Gasteiger partial charge is 0.264 e. The summed E-state index contributed by atoms with van der Waals surface area (Å²) in [5.74, 6) is -0.0974. The van der Waals surface area contributed by atoms with Crippen molar-refractivity contribution >= 4 is 39.1 Å². The van der Waals surface area contributed by atoms with Gasteiger partial charge in [-0.2, -0.15) is 0 Å². The molecule has 0 radical (unpaired) electrons. The molecule has 0 bridgehead atoms. The Balaban J connectivity index is 1.73. The summed E-state index contributed by atoms with van der Waals surface area (Å²) in [6.45, 7) is 5.31. The average Bonchev–Trinajstić information content (AvgIpc) is 3.01. The van der Waals surface area contributed by atoms with Gasteiger partial charge < -0.3 is 15.0 Å². The molecule has 0 saturated heterocycles. The molecule has 2 amide bonds. The number of rotatable bonds is 12. The topological polar surface area (TPSA) is 96.0 Å². The summed E-state index contributed by atoms with van der Waals surface area (Å²) in [6, 6.07) is 17.7. The maximum Gasteiger partial charge on any atom is 0.264 e. The highest BCUT2D eigenvalue weighted by molar-refractivity contribution is 7.92. The molecule has 3 aromatic rings. The van der Waals surface area contributed by atoms with Crippen LogP contribution in [0.25, 0.3) is 0 Å². The molecule has 236 valence electrons. The first-order valence-electron chi connectivity index (χ1n) is 15.1. The lowest BCUT2D eigenvalue weighted by atomic mass is 9.95. The van der Waals surface area contributed by atoms with Gasteiger partial charge in [-0.1, -0.05) is 56.0 Å². The van der Waals surface area contributed by atoms with Crippen molar-refractivity contribution < 1.29 is 22.7 Å². The first kappa shape index (κ1) is 33.3. The van der Waals surface area contributed by atoms with Gasteiger partial charge >= 0.3 is 0 Å². The molecule has 1 saturated carbocycles. The van der Waals surface area contributed by atoms with E-state index in [9.17, 15) is 18.0 Å². The molecule has 1 aliphatic carbocycles. The number of methoxy groups -OCH3 is 1. The molecule has 1 fully saturated rings. The number of carbonyl (C=O) groups excluding carboxylic acids is 2. The highest BCUT2D eigenvalue weighted by atomic mass is 35.5. The third-order valence-electron chi connectivity index (χ3n) is 8.28. The zero-order chi connectivity index (χ0) is 31.9. The number of anilines is 1. The molecule has 0 aromatic heterocycles. The molecule has 4 rings (SSSR count). The summed E-state index contributed by atoms with van der Waals surface area (Å²) in [5.41, 5.74) is 3.00. The van der Waals surface area contributed by atoms with E-state index in [1.54, 1.807) is 19.2 Å². The lowest BCUT2D eigenvalue weighted by molar-refractivity contribution is -0.140.